The number of imidazole rings is 1. The zero-order valence-corrected chi connectivity index (χ0v) is 10.3. The number of hydrogen-bond donors (Lipinski definition) is 0. The molecule has 0 amide bonds. The molecule has 2 rings (SSSR count). The molecule has 1 aromatic heterocycles. The zero-order chi connectivity index (χ0) is 11.5. The molecule has 2 aromatic rings. The number of alkyl halides is 1. The molecule has 0 atom stereocenters. The van der Waals surface area contributed by atoms with Crippen molar-refractivity contribution in [2.45, 2.75) is 19.3 Å². The van der Waals surface area contributed by atoms with Gasteiger partial charge in [0, 0.05) is 13.7 Å². The van der Waals surface area contributed by atoms with Gasteiger partial charge in [-0.2, -0.15) is 0 Å². The molecule has 16 heavy (non-hydrogen) atoms. The quantitative estimate of drug-likeness (QED) is 0.766. The van der Waals surface area contributed by atoms with Crippen LogP contribution in [0, 0.1) is 6.92 Å². The maximum Gasteiger partial charge on any atom is 0.124 e. The highest BCUT2D eigenvalue weighted by molar-refractivity contribution is 6.16. The fourth-order valence-corrected chi connectivity index (χ4v) is 2.14. The number of ether oxygens (including phenoxy) is 1. The molecule has 86 valence electrons. The molecule has 0 radical (unpaired) electrons. The summed E-state index contributed by atoms with van der Waals surface area (Å²) >= 11 is 5.91. The van der Waals surface area contributed by atoms with Crippen molar-refractivity contribution in [3.8, 4) is 0 Å². The van der Waals surface area contributed by atoms with Gasteiger partial charge >= 0.3 is 0 Å². The molecule has 0 spiro atoms. The van der Waals surface area contributed by atoms with Gasteiger partial charge in [-0.05, 0) is 18.6 Å². The fourth-order valence-electron chi connectivity index (χ4n) is 1.94. The summed E-state index contributed by atoms with van der Waals surface area (Å²) in [5, 5.41) is 0. The maximum atomic E-state index is 5.91. The first-order valence-corrected chi connectivity index (χ1v) is 5.81. The Morgan fingerprint density at radius 1 is 1.44 bits per heavy atom. The van der Waals surface area contributed by atoms with Crippen molar-refractivity contribution < 1.29 is 4.74 Å². The number of rotatable bonds is 4. The lowest BCUT2D eigenvalue weighted by atomic mass is 10.2. The Labute approximate surface area is 100.0 Å². The van der Waals surface area contributed by atoms with E-state index in [-0.39, 0.29) is 0 Å². The van der Waals surface area contributed by atoms with Crippen LogP contribution in [0.25, 0.3) is 11.0 Å². The van der Waals surface area contributed by atoms with Gasteiger partial charge in [0.05, 0.1) is 23.5 Å². The van der Waals surface area contributed by atoms with Gasteiger partial charge in [-0.15, -0.1) is 11.6 Å². The Morgan fingerprint density at radius 3 is 2.94 bits per heavy atom. The maximum absolute atomic E-state index is 5.91. The number of para-hydroxylation sites is 1. The van der Waals surface area contributed by atoms with Crippen LogP contribution in [0.1, 0.15) is 11.4 Å². The number of hydrogen-bond acceptors (Lipinski definition) is 2. The molecule has 0 bridgehead atoms. The van der Waals surface area contributed by atoms with E-state index in [9.17, 15) is 0 Å². The molecular formula is C12H15ClN2O. The zero-order valence-electron chi connectivity index (χ0n) is 9.53. The topological polar surface area (TPSA) is 27.1 Å². The van der Waals surface area contributed by atoms with Crippen LogP contribution < -0.4 is 0 Å². The van der Waals surface area contributed by atoms with E-state index >= 15 is 0 Å². The highest BCUT2D eigenvalue weighted by atomic mass is 35.5. The van der Waals surface area contributed by atoms with Crippen LogP contribution in [0.2, 0.25) is 0 Å². The van der Waals surface area contributed by atoms with Crippen LogP contribution in [0.4, 0.5) is 0 Å². The largest absolute Gasteiger partial charge is 0.383 e. The Bertz CT molecular complexity index is 493. The molecule has 0 unspecified atom stereocenters. The average molecular weight is 239 g/mol. The summed E-state index contributed by atoms with van der Waals surface area (Å²) in [5.74, 6) is 1.33. The first-order valence-electron chi connectivity index (χ1n) is 5.27. The minimum absolute atomic E-state index is 0.428. The molecule has 0 aliphatic carbocycles. The molecule has 0 saturated carbocycles. The van der Waals surface area contributed by atoms with E-state index in [1.165, 1.54) is 5.56 Å². The number of aryl methyl sites for hydroxylation is 1. The summed E-state index contributed by atoms with van der Waals surface area (Å²) < 4.78 is 7.25. The number of aromatic nitrogens is 2. The van der Waals surface area contributed by atoms with Gasteiger partial charge < -0.3 is 9.30 Å². The SMILES string of the molecule is COCCn1c(CCl)nc2cccc(C)c21. The van der Waals surface area contributed by atoms with Crippen LogP contribution in [0.15, 0.2) is 18.2 Å². The van der Waals surface area contributed by atoms with Gasteiger partial charge in [0.15, 0.2) is 0 Å². The number of benzene rings is 1. The molecular weight excluding hydrogens is 224 g/mol. The van der Waals surface area contributed by atoms with Crippen molar-refractivity contribution in [3.63, 3.8) is 0 Å². The van der Waals surface area contributed by atoms with Gasteiger partial charge in [-0.25, -0.2) is 4.98 Å². The van der Waals surface area contributed by atoms with E-state index in [0.717, 1.165) is 23.4 Å². The van der Waals surface area contributed by atoms with Crippen LogP contribution >= 0.6 is 11.6 Å². The highest BCUT2D eigenvalue weighted by Gasteiger charge is 2.10. The van der Waals surface area contributed by atoms with Gasteiger partial charge in [0.25, 0.3) is 0 Å². The predicted molar refractivity (Wildman–Crippen MR) is 65.9 cm³/mol. The summed E-state index contributed by atoms with van der Waals surface area (Å²) in [5.41, 5.74) is 3.39. The van der Waals surface area contributed by atoms with E-state index in [0.29, 0.717) is 12.5 Å². The minimum Gasteiger partial charge on any atom is -0.383 e. The van der Waals surface area contributed by atoms with Gasteiger partial charge in [0.2, 0.25) is 0 Å². The average Bonchev–Trinajstić information content (AvgIpc) is 2.65. The second-order valence-corrected chi connectivity index (χ2v) is 4.02. The molecule has 0 aliphatic rings. The number of fused-ring (bicyclic) bond motifs is 1. The third-order valence-corrected chi connectivity index (χ3v) is 2.93. The Morgan fingerprint density at radius 2 is 2.25 bits per heavy atom. The molecule has 1 aromatic carbocycles. The number of methoxy groups -OCH3 is 1. The third kappa shape index (κ3) is 1.93. The van der Waals surface area contributed by atoms with Crippen LogP contribution in [-0.2, 0) is 17.2 Å². The van der Waals surface area contributed by atoms with E-state index < -0.39 is 0 Å². The van der Waals surface area contributed by atoms with Gasteiger partial charge in [0.1, 0.15) is 5.82 Å². The lowest BCUT2D eigenvalue weighted by Crippen LogP contribution is -2.07. The van der Waals surface area contributed by atoms with Crippen molar-refractivity contribution in [3.05, 3.63) is 29.6 Å². The lowest BCUT2D eigenvalue weighted by Gasteiger charge is -2.08. The first-order chi connectivity index (χ1) is 7.77. The molecule has 0 fully saturated rings. The molecule has 0 saturated heterocycles. The van der Waals surface area contributed by atoms with Crippen molar-refractivity contribution in [1.29, 1.82) is 0 Å². The van der Waals surface area contributed by atoms with E-state index in [4.69, 9.17) is 16.3 Å². The molecule has 4 heteroatoms. The summed E-state index contributed by atoms with van der Waals surface area (Å²) in [4.78, 5) is 4.52. The monoisotopic (exact) mass is 238 g/mol. The standard InChI is InChI=1S/C12H15ClN2O/c1-9-4-3-5-10-12(9)15(6-7-16-2)11(8-13)14-10/h3-5H,6-8H2,1-2H3. The fraction of sp³-hybridized carbons (Fsp3) is 0.417. The van der Waals surface area contributed by atoms with Gasteiger partial charge in [-0.3, -0.25) is 0 Å². The summed E-state index contributed by atoms with van der Waals surface area (Å²) in [6, 6.07) is 6.12. The second-order valence-electron chi connectivity index (χ2n) is 3.75. The summed E-state index contributed by atoms with van der Waals surface area (Å²) in [6.45, 7) is 3.55. The van der Waals surface area contributed by atoms with E-state index in [1.54, 1.807) is 7.11 Å². The smallest absolute Gasteiger partial charge is 0.124 e. The van der Waals surface area contributed by atoms with Crippen LogP contribution in [0.3, 0.4) is 0 Å². The van der Waals surface area contributed by atoms with E-state index in [1.807, 2.05) is 12.1 Å². The number of nitrogens with zero attached hydrogens (tertiary/aromatic N) is 2. The first kappa shape index (κ1) is 11.4. The van der Waals surface area contributed by atoms with Crippen LogP contribution in [0.5, 0.6) is 0 Å². The molecule has 1 heterocycles. The molecule has 3 nitrogen and oxygen atoms in total. The Hall–Kier alpha value is -1.06. The second kappa shape index (κ2) is 4.85. The van der Waals surface area contributed by atoms with Crippen molar-refractivity contribution in [1.82, 2.24) is 9.55 Å². The van der Waals surface area contributed by atoms with E-state index in [2.05, 4.69) is 22.5 Å². The van der Waals surface area contributed by atoms with Crippen molar-refractivity contribution >= 4 is 22.6 Å². The molecule has 0 N–H and O–H groups in total. The number of halogens is 1. The Kier molecular flexibility index (Phi) is 3.46. The van der Waals surface area contributed by atoms with Crippen molar-refractivity contribution in [2.24, 2.45) is 0 Å². The highest BCUT2D eigenvalue weighted by Crippen LogP contribution is 2.20. The lowest BCUT2D eigenvalue weighted by molar-refractivity contribution is 0.187. The third-order valence-electron chi connectivity index (χ3n) is 2.69. The summed E-state index contributed by atoms with van der Waals surface area (Å²) in [6.07, 6.45) is 0. The molecule has 0 aliphatic heterocycles. The van der Waals surface area contributed by atoms with Crippen LogP contribution in [-0.4, -0.2) is 23.3 Å². The normalized spacial score (nSPS) is 11.2. The van der Waals surface area contributed by atoms with Gasteiger partial charge in [-0.1, -0.05) is 12.1 Å². The Balaban J connectivity index is 2.56. The summed E-state index contributed by atoms with van der Waals surface area (Å²) in [7, 11) is 1.70. The minimum atomic E-state index is 0.428. The van der Waals surface area contributed by atoms with Crippen molar-refractivity contribution in [2.75, 3.05) is 13.7 Å². The predicted octanol–water partition coefficient (Wildman–Crippen LogP) is 2.73.